The number of methoxy groups -OCH3 is 1. The second-order valence-electron chi connectivity index (χ2n) is 5.05. The molecule has 0 radical (unpaired) electrons. The lowest BCUT2D eigenvalue weighted by atomic mass is 9.95. The van der Waals surface area contributed by atoms with Gasteiger partial charge in [0.1, 0.15) is 5.75 Å². The molecule has 0 bridgehead atoms. The van der Waals surface area contributed by atoms with E-state index in [0.717, 1.165) is 36.1 Å². The largest absolute Gasteiger partial charge is 0.508 e. The van der Waals surface area contributed by atoms with E-state index in [0.29, 0.717) is 17.8 Å². The summed E-state index contributed by atoms with van der Waals surface area (Å²) in [5.74, 6) is 0.980. The number of phenolic OH excluding ortho intramolecular Hbond substituents is 1. The van der Waals surface area contributed by atoms with E-state index in [1.165, 1.54) is 0 Å². The number of nitrogens with zero attached hydrogens (tertiary/aromatic N) is 1. The van der Waals surface area contributed by atoms with Crippen LogP contribution < -0.4 is 0 Å². The van der Waals surface area contributed by atoms with Crippen LogP contribution in [0.5, 0.6) is 5.75 Å². The van der Waals surface area contributed by atoms with Crippen molar-refractivity contribution in [1.29, 1.82) is 0 Å². The van der Waals surface area contributed by atoms with Crippen LogP contribution in [0, 0.1) is 5.92 Å². The summed E-state index contributed by atoms with van der Waals surface area (Å²) in [6.07, 6.45) is 1.45. The molecule has 100 valence electrons. The molecular weight excluding hydrogens is 294 g/mol. The van der Waals surface area contributed by atoms with Crippen LogP contribution >= 0.6 is 15.9 Å². The molecule has 1 aromatic rings. The van der Waals surface area contributed by atoms with Crippen molar-refractivity contribution in [3.63, 3.8) is 0 Å². The summed E-state index contributed by atoms with van der Waals surface area (Å²) in [6.45, 7) is 5.01. The number of hydrogen-bond acceptors (Lipinski definition) is 3. The first-order valence-corrected chi connectivity index (χ1v) is 7.12. The lowest BCUT2D eigenvalue weighted by Crippen LogP contribution is -2.43. The van der Waals surface area contributed by atoms with Crippen LogP contribution in [0.25, 0.3) is 0 Å². The Balaban J connectivity index is 2.03. The fourth-order valence-electron chi connectivity index (χ4n) is 2.47. The molecule has 1 aliphatic heterocycles. The van der Waals surface area contributed by atoms with Gasteiger partial charge in [0.05, 0.1) is 6.10 Å². The van der Waals surface area contributed by atoms with Gasteiger partial charge < -0.3 is 9.84 Å². The van der Waals surface area contributed by atoms with E-state index in [4.69, 9.17) is 4.74 Å². The highest BCUT2D eigenvalue weighted by Gasteiger charge is 2.26. The maximum absolute atomic E-state index is 9.86. The Morgan fingerprint density at radius 1 is 1.50 bits per heavy atom. The van der Waals surface area contributed by atoms with Crippen molar-refractivity contribution >= 4 is 15.9 Å². The molecule has 3 nitrogen and oxygen atoms in total. The first kappa shape index (κ1) is 13.8. The predicted octanol–water partition coefficient (Wildman–Crippen LogP) is 3.01. The molecule has 1 heterocycles. The summed E-state index contributed by atoms with van der Waals surface area (Å²) in [5.41, 5.74) is 0.966. The van der Waals surface area contributed by atoms with Crippen LogP contribution in [0.1, 0.15) is 18.9 Å². The molecule has 4 heteroatoms. The van der Waals surface area contributed by atoms with Crippen molar-refractivity contribution in [3.8, 4) is 5.75 Å². The lowest BCUT2D eigenvalue weighted by Gasteiger charge is -2.36. The highest BCUT2D eigenvalue weighted by Crippen LogP contribution is 2.26. The molecule has 0 aromatic heterocycles. The van der Waals surface area contributed by atoms with Crippen LogP contribution in [0.2, 0.25) is 0 Å². The fraction of sp³-hybridized carbons (Fsp3) is 0.571. The average Bonchev–Trinajstić information content (AvgIpc) is 2.36. The van der Waals surface area contributed by atoms with Gasteiger partial charge in [0.25, 0.3) is 0 Å². The number of phenols is 1. The van der Waals surface area contributed by atoms with E-state index in [1.54, 1.807) is 13.2 Å². The number of rotatable bonds is 3. The monoisotopic (exact) mass is 313 g/mol. The number of benzene rings is 1. The minimum absolute atomic E-state index is 0.299. The van der Waals surface area contributed by atoms with Crippen molar-refractivity contribution in [2.45, 2.75) is 26.0 Å². The summed E-state index contributed by atoms with van der Waals surface area (Å²) in [7, 11) is 1.78. The van der Waals surface area contributed by atoms with Gasteiger partial charge in [-0.05, 0) is 37.1 Å². The maximum Gasteiger partial charge on any atom is 0.120 e. The van der Waals surface area contributed by atoms with Gasteiger partial charge in [-0.25, -0.2) is 0 Å². The van der Waals surface area contributed by atoms with Gasteiger partial charge >= 0.3 is 0 Å². The molecule has 1 saturated heterocycles. The Morgan fingerprint density at radius 2 is 2.28 bits per heavy atom. The smallest absolute Gasteiger partial charge is 0.120 e. The summed E-state index contributed by atoms with van der Waals surface area (Å²) in [5, 5.41) is 9.86. The molecule has 18 heavy (non-hydrogen) atoms. The maximum atomic E-state index is 9.86. The van der Waals surface area contributed by atoms with Gasteiger partial charge in [0, 0.05) is 30.2 Å². The highest BCUT2D eigenvalue weighted by atomic mass is 79.9. The first-order chi connectivity index (χ1) is 8.60. The van der Waals surface area contributed by atoms with Gasteiger partial charge in [-0.2, -0.15) is 0 Å². The zero-order valence-electron chi connectivity index (χ0n) is 10.9. The quantitative estimate of drug-likeness (QED) is 0.931. The van der Waals surface area contributed by atoms with Crippen LogP contribution in [-0.2, 0) is 11.3 Å². The zero-order chi connectivity index (χ0) is 13.1. The number of hydrogen-bond donors (Lipinski definition) is 1. The van der Waals surface area contributed by atoms with E-state index >= 15 is 0 Å². The second kappa shape index (κ2) is 6.04. The number of halogens is 1. The second-order valence-corrected chi connectivity index (χ2v) is 5.96. The van der Waals surface area contributed by atoms with Crippen molar-refractivity contribution < 1.29 is 9.84 Å². The van der Waals surface area contributed by atoms with Gasteiger partial charge in [-0.15, -0.1) is 0 Å². The molecule has 1 N–H and O–H groups in total. The molecule has 0 spiro atoms. The lowest BCUT2D eigenvalue weighted by molar-refractivity contribution is -0.00762. The van der Waals surface area contributed by atoms with Crippen molar-refractivity contribution in [2.24, 2.45) is 5.92 Å². The van der Waals surface area contributed by atoms with Crippen molar-refractivity contribution in [2.75, 3.05) is 20.2 Å². The number of piperidine rings is 1. The normalized spacial score (nSPS) is 25.3. The molecule has 1 aliphatic rings. The Kier molecular flexibility index (Phi) is 4.65. The summed E-state index contributed by atoms with van der Waals surface area (Å²) >= 11 is 3.44. The van der Waals surface area contributed by atoms with Gasteiger partial charge in [-0.1, -0.05) is 22.9 Å². The topological polar surface area (TPSA) is 32.7 Å². The SMILES string of the molecule is COC1CN(Cc2cc(Br)ccc2O)CCC1C. The third-order valence-electron chi connectivity index (χ3n) is 3.71. The van der Waals surface area contributed by atoms with Crippen molar-refractivity contribution in [3.05, 3.63) is 28.2 Å². The van der Waals surface area contributed by atoms with Crippen LogP contribution in [0.4, 0.5) is 0 Å². The predicted molar refractivity (Wildman–Crippen MR) is 75.7 cm³/mol. The molecule has 1 fully saturated rings. The Labute approximate surface area is 117 Å². The highest BCUT2D eigenvalue weighted by molar-refractivity contribution is 9.10. The van der Waals surface area contributed by atoms with Gasteiger partial charge in [-0.3, -0.25) is 4.90 Å². The van der Waals surface area contributed by atoms with Gasteiger partial charge in [0.15, 0.2) is 0 Å². The van der Waals surface area contributed by atoms with E-state index < -0.39 is 0 Å². The van der Waals surface area contributed by atoms with Crippen LogP contribution in [0.15, 0.2) is 22.7 Å². The van der Waals surface area contributed by atoms with Crippen molar-refractivity contribution in [1.82, 2.24) is 4.90 Å². The Bertz CT molecular complexity index is 411. The summed E-state index contributed by atoms with van der Waals surface area (Å²) in [6, 6.07) is 5.57. The van der Waals surface area contributed by atoms with E-state index in [2.05, 4.69) is 27.8 Å². The zero-order valence-corrected chi connectivity index (χ0v) is 12.5. The minimum atomic E-state index is 0.299. The van der Waals surface area contributed by atoms with E-state index in [-0.39, 0.29) is 0 Å². The number of likely N-dealkylation sites (tertiary alicyclic amines) is 1. The summed E-state index contributed by atoms with van der Waals surface area (Å²) in [4.78, 5) is 2.34. The van der Waals surface area contributed by atoms with Crippen LogP contribution in [0.3, 0.4) is 0 Å². The first-order valence-electron chi connectivity index (χ1n) is 6.32. The number of aromatic hydroxyl groups is 1. The fourth-order valence-corrected chi connectivity index (χ4v) is 2.88. The van der Waals surface area contributed by atoms with E-state index in [9.17, 15) is 5.11 Å². The minimum Gasteiger partial charge on any atom is -0.508 e. The van der Waals surface area contributed by atoms with Crippen LogP contribution in [-0.4, -0.2) is 36.3 Å². The molecule has 1 aromatic carbocycles. The molecular formula is C14H20BrNO2. The third-order valence-corrected chi connectivity index (χ3v) is 4.20. The molecule has 2 atom stereocenters. The standard InChI is InChI=1S/C14H20BrNO2/c1-10-5-6-16(9-14(10)18-2)8-11-7-12(15)3-4-13(11)17/h3-4,7,10,14,17H,5-6,8-9H2,1-2H3. The molecule has 2 unspecified atom stereocenters. The third kappa shape index (κ3) is 3.25. The number of ether oxygens (including phenoxy) is 1. The molecule has 2 rings (SSSR count). The Morgan fingerprint density at radius 3 is 3.00 bits per heavy atom. The van der Waals surface area contributed by atoms with Gasteiger partial charge in [0.2, 0.25) is 0 Å². The molecule has 0 amide bonds. The van der Waals surface area contributed by atoms with E-state index in [1.807, 2.05) is 12.1 Å². The molecule has 0 saturated carbocycles. The molecule has 0 aliphatic carbocycles. The Hall–Kier alpha value is -0.580. The summed E-state index contributed by atoms with van der Waals surface area (Å²) < 4.78 is 6.52. The average molecular weight is 314 g/mol.